The number of rotatable bonds is 7. The second-order valence-electron chi connectivity index (χ2n) is 15.0. The lowest BCUT2D eigenvalue weighted by Crippen LogP contribution is -2.01. The third kappa shape index (κ3) is 5.21. The predicted molar refractivity (Wildman–Crippen MR) is 248 cm³/mol. The van der Waals surface area contributed by atoms with Crippen LogP contribution in [0.1, 0.15) is 12.5 Å². The van der Waals surface area contributed by atoms with Crippen molar-refractivity contribution in [3.05, 3.63) is 218 Å². The van der Waals surface area contributed by atoms with E-state index in [4.69, 9.17) is 0 Å². The van der Waals surface area contributed by atoms with E-state index in [0.717, 1.165) is 28.1 Å². The third-order valence-electron chi connectivity index (χ3n) is 11.8. The second-order valence-corrected chi connectivity index (χ2v) is 15.0. The van der Waals surface area contributed by atoms with Gasteiger partial charge in [-0.05, 0) is 83.8 Å². The smallest absolute Gasteiger partial charge is 0.0782 e. The minimum absolute atomic E-state index is 1.05. The number of para-hydroxylation sites is 5. The molecule has 0 radical (unpaired) electrons. The lowest BCUT2D eigenvalue weighted by Gasteiger charge is -2.15. The molecule has 0 bridgehead atoms. The van der Waals surface area contributed by atoms with Gasteiger partial charge in [0.05, 0.1) is 38.8 Å². The highest BCUT2D eigenvalue weighted by molar-refractivity contribution is 6.16. The average molecular weight is 742 g/mol. The van der Waals surface area contributed by atoms with Gasteiger partial charge in [0.2, 0.25) is 0 Å². The van der Waals surface area contributed by atoms with Gasteiger partial charge in [0, 0.05) is 43.7 Å². The van der Waals surface area contributed by atoms with Gasteiger partial charge in [-0.25, -0.2) is 0 Å². The minimum atomic E-state index is 1.05. The van der Waals surface area contributed by atoms with E-state index in [-0.39, 0.29) is 0 Å². The van der Waals surface area contributed by atoms with Crippen LogP contribution in [-0.4, -0.2) is 13.7 Å². The zero-order valence-electron chi connectivity index (χ0n) is 32.2. The quantitative estimate of drug-likeness (QED) is 0.145. The first-order chi connectivity index (χ1) is 28.7. The van der Waals surface area contributed by atoms with E-state index in [0.29, 0.717) is 0 Å². The van der Waals surface area contributed by atoms with E-state index in [9.17, 15) is 0 Å². The highest BCUT2D eigenvalue weighted by Gasteiger charge is 2.21. The van der Waals surface area contributed by atoms with Gasteiger partial charge in [-0.1, -0.05) is 158 Å². The Balaban J connectivity index is 1.15. The maximum Gasteiger partial charge on any atom is 0.0782 e. The molecule has 3 heterocycles. The molecule has 3 heteroatoms. The maximum absolute atomic E-state index is 4.17. The van der Waals surface area contributed by atoms with Crippen molar-refractivity contribution in [2.75, 3.05) is 0 Å². The van der Waals surface area contributed by atoms with Crippen LogP contribution in [-0.2, 0) is 0 Å². The Hall–Kier alpha value is -7.62. The van der Waals surface area contributed by atoms with E-state index < -0.39 is 0 Å². The van der Waals surface area contributed by atoms with Crippen LogP contribution in [0.5, 0.6) is 0 Å². The van der Waals surface area contributed by atoms with Gasteiger partial charge in [0.25, 0.3) is 0 Å². The van der Waals surface area contributed by atoms with E-state index in [1.54, 1.807) is 0 Å². The molecule has 58 heavy (non-hydrogen) atoms. The largest absolute Gasteiger partial charge is 0.309 e. The van der Waals surface area contributed by atoms with Gasteiger partial charge in [-0.2, -0.15) is 0 Å². The van der Waals surface area contributed by atoms with Gasteiger partial charge in [-0.15, -0.1) is 0 Å². The highest BCUT2D eigenvalue weighted by atomic mass is 15.1. The van der Waals surface area contributed by atoms with Gasteiger partial charge in [-0.3, -0.25) is 0 Å². The molecule has 0 aliphatic rings. The van der Waals surface area contributed by atoms with Crippen LogP contribution in [0.2, 0.25) is 0 Å². The minimum Gasteiger partial charge on any atom is -0.309 e. The molecule has 0 unspecified atom stereocenters. The summed E-state index contributed by atoms with van der Waals surface area (Å²) in [6, 6.07) is 68.2. The molecule has 8 aromatic carbocycles. The Kier molecular flexibility index (Phi) is 7.87. The van der Waals surface area contributed by atoms with Gasteiger partial charge in [0.1, 0.15) is 0 Å². The zero-order chi connectivity index (χ0) is 38.7. The predicted octanol–water partition coefficient (Wildman–Crippen LogP) is 14.8. The SMILES string of the molecule is C=C/C=C(\C=C(/C)c1ccc(-c2ccccc2)cc1)n1c2ccccc2c2ccc(-n3c4ccccc4c4cccc(-n5c6ccccc6c6ccccc65)c43)cc21. The van der Waals surface area contributed by atoms with Crippen molar-refractivity contribution in [2.24, 2.45) is 0 Å². The highest BCUT2D eigenvalue weighted by Crippen LogP contribution is 2.41. The van der Waals surface area contributed by atoms with E-state index in [1.165, 1.54) is 76.6 Å². The van der Waals surface area contributed by atoms with Crippen molar-refractivity contribution >= 4 is 76.7 Å². The summed E-state index contributed by atoms with van der Waals surface area (Å²) in [6.45, 7) is 6.37. The molecule has 3 nitrogen and oxygen atoms in total. The van der Waals surface area contributed by atoms with Crippen LogP contribution in [0.25, 0.3) is 99.2 Å². The fourth-order valence-corrected chi connectivity index (χ4v) is 9.18. The Labute approximate surface area is 336 Å². The summed E-state index contributed by atoms with van der Waals surface area (Å²) in [7, 11) is 0. The molecule has 0 aliphatic heterocycles. The Morgan fingerprint density at radius 3 is 1.62 bits per heavy atom. The third-order valence-corrected chi connectivity index (χ3v) is 11.8. The lowest BCUT2D eigenvalue weighted by atomic mass is 10.0. The summed E-state index contributed by atoms with van der Waals surface area (Å²) < 4.78 is 7.32. The van der Waals surface area contributed by atoms with Crippen LogP contribution in [0, 0.1) is 0 Å². The van der Waals surface area contributed by atoms with Crippen LogP contribution < -0.4 is 0 Å². The standard InChI is InChI=1S/C55H39N3/c1-3-16-41(35-37(2)38-29-31-40(32-30-38)39-17-5-4-6-18-39)56-49-24-11-7-21-45(49)47-34-33-42(36-54(47)56)57-50-25-12-10-22-46(50)48-23-15-28-53(55(48)57)58-51-26-13-8-19-43(51)44-20-9-14-27-52(44)58/h3-36H,1H2,2H3/b37-35+,41-16+. The zero-order valence-corrected chi connectivity index (χ0v) is 32.2. The fourth-order valence-electron chi connectivity index (χ4n) is 9.18. The van der Waals surface area contributed by atoms with Crippen molar-refractivity contribution in [3.63, 3.8) is 0 Å². The summed E-state index contributed by atoms with van der Waals surface area (Å²) in [5.74, 6) is 0. The molecular formula is C55H39N3. The molecule has 0 saturated heterocycles. The number of benzene rings is 8. The van der Waals surface area contributed by atoms with Crippen molar-refractivity contribution in [3.8, 4) is 22.5 Å². The maximum atomic E-state index is 4.17. The summed E-state index contributed by atoms with van der Waals surface area (Å²) >= 11 is 0. The van der Waals surface area contributed by atoms with Crippen LogP contribution in [0.3, 0.4) is 0 Å². The molecular weight excluding hydrogens is 703 g/mol. The van der Waals surface area contributed by atoms with Crippen molar-refractivity contribution in [2.45, 2.75) is 6.92 Å². The first-order valence-electron chi connectivity index (χ1n) is 19.9. The molecule has 0 spiro atoms. The Bertz CT molecular complexity index is 3400. The fraction of sp³-hybridized carbons (Fsp3) is 0.0182. The lowest BCUT2D eigenvalue weighted by molar-refractivity contribution is 1.13. The van der Waals surface area contributed by atoms with Crippen molar-refractivity contribution < 1.29 is 0 Å². The van der Waals surface area contributed by atoms with Crippen LogP contribution >= 0.6 is 0 Å². The van der Waals surface area contributed by atoms with Crippen LogP contribution in [0.4, 0.5) is 0 Å². The molecule has 0 fully saturated rings. The van der Waals surface area contributed by atoms with E-state index in [2.05, 4.69) is 227 Å². The molecule has 11 rings (SSSR count). The van der Waals surface area contributed by atoms with Gasteiger partial charge in [0.15, 0.2) is 0 Å². The molecule has 0 aliphatic carbocycles. The topological polar surface area (TPSA) is 14.8 Å². The summed E-state index contributed by atoms with van der Waals surface area (Å²) in [5, 5.41) is 7.37. The summed E-state index contributed by atoms with van der Waals surface area (Å²) in [5.41, 5.74) is 15.1. The number of fused-ring (bicyclic) bond motifs is 9. The Morgan fingerprint density at radius 1 is 0.448 bits per heavy atom. The number of aromatic nitrogens is 3. The summed E-state index contributed by atoms with van der Waals surface area (Å²) in [4.78, 5) is 0. The average Bonchev–Trinajstić information content (AvgIpc) is 3.92. The first kappa shape index (κ1) is 33.7. The van der Waals surface area contributed by atoms with Crippen molar-refractivity contribution in [1.29, 1.82) is 0 Å². The number of hydrogen-bond acceptors (Lipinski definition) is 0. The molecule has 0 N–H and O–H groups in total. The molecule has 0 amide bonds. The first-order valence-corrected chi connectivity index (χ1v) is 19.9. The van der Waals surface area contributed by atoms with Gasteiger partial charge < -0.3 is 13.7 Å². The van der Waals surface area contributed by atoms with E-state index >= 15 is 0 Å². The summed E-state index contributed by atoms with van der Waals surface area (Å²) in [6.07, 6.45) is 6.31. The molecule has 274 valence electrons. The number of nitrogens with zero attached hydrogens (tertiary/aromatic N) is 3. The normalized spacial score (nSPS) is 12.5. The Morgan fingerprint density at radius 2 is 0.966 bits per heavy atom. The molecule has 3 aromatic heterocycles. The second kappa shape index (κ2) is 13.5. The molecule has 0 atom stereocenters. The molecule has 11 aromatic rings. The van der Waals surface area contributed by atoms with Crippen molar-refractivity contribution in [1.82, 2.24) is 13.7 Å². The number of hydrogen-bond donors (Lipinski definition) is 0. The number of allylic oxidation sites excluding steroid dienone is 5. The monoisotopic (exact) mass is 741 g/mol. The van der Waals surface area contributed by atoms with Gasteiger partial charge >= 0.3 is 0 Å². The van der Waals surface area contributed by atoms with Crippen LogP contribution in [0.15, 0.2) is 213 Å². The van der Waals surface area contributed by atoms with E-state index in [1.807, 2.05) is 6.08 Å². The molecule has 0 saturated carbocycles.